The lowest BCUT2D eigenvalue weighted by Gasteiger charge is -2.05. The quantitative estimate of drug-likeness (QED) is 0.450. The number of nitrogens with zero attached hydrogens (tertiary/aromatic N) is 3. The Kier molecular flexibility index (Phi) is 3.86. The number of fused-ring (bicyclic) bond motifs is 1. The highest BCUT2D eigenvalue weighted by molar-refractivity contribution is 6.11. The van der Waals surface area contributed by atoms with Crippen molar-refractivity contribution in [1.29, 1.82) is 0 Å². The first kappa shape index (κ1) is 15.5. The summed E-state index contributed by atoms with van der Waals surface area (Å²) in [5, 5.41) is 11.8. The van der Waals surface area contributed by atoms with Crippen molar-refractivity contribution in [3.05, 3.63) is 66.2 Å². The molecule has 0 saturated heterocycles. The summed E-state index contributed by atoms with van der Waals surface area (Å²) >= 11 is 0. The number of aromatic amines is 2. The number of H-pyrrole nitrogens is 2. The summed E-state index contributed by atoms with van der Waals surface area (Å²) in [7, 11) is 0. The molecule has 0 aliphatic heterocycles. The maximum absolute atomic E-state index is 12.5. The molecule has 0 unspecified atom stereocenters. The Morgan fingerprint density at radius 2 is 1.88 bits per heavy atom. The molecule has 0 atom stereocenters. The first-order valence-corrected chi connectivity index (χ1v) is 7.72. The monoisotopic (exact) mass is 347 g/mol. The second kappa shape index (κ2) is 6.48. The molecule has 1 aromatic carbocycles. The maximum atomic E-state index is 12.5. The first-order chi connectivity index (χ1) is 12.7. The number of rotatable bonds is 4. The molecule has 4 N–H and O–H groups in total. The van der Waals surface area contributed by atoms with E-state index < -0.39 is 11.8 Å². The summed E-state index contributed by atoms with van der Waals surface area (Å²) in [5.41, 5.74) is 2.21. The van der Waals surface area contributed by atoms with Gasteiger partial charge in [0.05, 0.1) is 22.3 Å². The Morgan fingerprint density at radius 3 is 2.69 bits per heavy atom. The highest BCUT2D eigenvalue weighted by Crippen LogP contribution is 2.17. The molecule has 0 fully saturated rings. The minimum Gasteiger partial charge on any atom is -0.324 e. The van der Waals surface area contributed by atoms with Crippen molar-refractivity contribution in [2.75, 3.05) is 10.6 Å². The maximum Gasteiger partial charge on any atom is 0.280 e. The summed E-state index contributed by atoms with van der Waals surface area (Å²) in [6.45, 7) is 0. The molecule has 0 aliphatic rings. The lowest BCUT2D eigenvalue weighted by molar-refractivity contribution is 0.102. The highest BCUT2D eigenvalue weighted by atomic mass is 16.2. The smallest absolute Gasteiger partial charge is 0.280 e. The van der Waals surface area contributed by atoms with Gasteiger partial charge in [0.25, 0.3) is 11.8 Å². The molecule has 4 aromatic rings. The molecule has 0 bridgehead atoms. The van der Waals surface area contributed by atoms with Crippen LogP contribution in [0.4, 0.5) is 11.6 Å². The number of para-hydroxylation sites is 2. The molecule has 128 valence electrons. The average Bonchev–Trinajstić information content (AvgIpc) is 3.28. The molecule has 2 amide bonds. The van der Waals surface area contributed by atoms with Gasteiger partial charge in [-0.1, -0.05) is 12.1 Å². The molecule has 0 spiro atoms. The number of benzene rings is 1. The average molecular weight is 347 g/mol. The molecule has 0 radical (unpaired) electrons. The summed E-state index contributed by atoms with van der Waals surface area (Å²) in [4.78, 5) is 35.9. The van der Waals surface area contributed by atoms with E-state index >= 15 is 0 Å². The van der Waals surface area contributed by atoms with Gasteiger partial charge in [0.1, 0.15) is 0 Å². The van der Waals surface area contributed by atoms with Crippen LogP contribution in [0.25, 0.3) is 11.0 Å². The minimum atomic E-state index is -0.508. The number of carbonyl (C=O) groups excluding carboxylic acids is 2. The lowest BCUT2D eigenvalue weighted by Crippen LogP contribution is -2.18. The molecule has 0 aliphatic carbocycles. The van der Waals surface area contributed by atoms with Gasteiger partial charge >= 0.3 is 0 Å². The van der Waals surface area contributed by atoms with Crippen LogP contribution in [-0.4, -0.2) is 37.0 Å². The van der Waals surface area contributed by atoms with Crippen LogP contribution in [0, 0.1) is 0 Å². The van der Waals surface area contributed by atoms with E-state index in [0.29, 0.717) is 11.5 Å². The number of amides is 2. The third-order valence-electron chi connectivity index (χ3n) is 3.65. The zero-order valence-corrected chi connectivity index (χ0v) is 13.4. The Labute approximate surface area is 146 Å². The van der Waals surface area contributed by atoms with Crippen molar-refractivity contribution in [3.8, 4) is 0 Å². The van der Waals surface area contributed by atoms with Gasteiger partial charge in [0.15, 0.2) is 5.69 Å². The van der Waals surface area contributed by atoms with Crippen LogP contribution in [0.3, 0.4) is 0 Å². The fourth-order valence-electron chi connectivity index (χ4n) is 2.43. The predicted octanol–water partition coefficient (Wildman–Crippen LogP) is 2.19. The number of carbonyl (C=O) groups is 2. The van der Waals surface area contributed by atoms with Crippen LogP contribution < -0.4 is 10.6 Å². The Hall–Kier alpha value is -4.01. The van der Waals surface area contributed by atoms with Crippen LogP contribution in [0.5, 0.6) is 0 Å². The van der Waals surface area contributed by atoms with E-state index in [1.807, 2.05) is 24.3 Å². The fraction of sp³-hybridized carbons (Fsp3) is 0. The van der Waals surface area contributed by atoms with Gasteiger partial charge in [-0.2, -0.15) is 5.10 Å². The van der Waals surface area contributed by atoms with Gasteiger partial charge in [0.2, 0.25) is 5.95 Å². The van der Waals surface area contributed by atoms with Crippen LogP contribution in [0.2, 0.25) is 0 Å². The van der Waals surface area contributed by atoms with Gasteiger partial charge < -0.3 is 10.3 Å². The Balaban J connectivity index is 1.52. The molecule has 9 nitrogen and oxygen atoms in total. The van der Waals surface area contributed by atoms with E-state index in [4.69, 9.17) is 0 Å². The Bertz CT molecular complexity index is 1050. The minimum absolute atomic E-state index is 0.0442. The second-order valence-corrected chi connectivity index (χ2v) is 5.40. The number of pyridine rings is 1. The van der Waals surface area contributed by atoms with Crippen molar-refractivity contribution >= 4 is 34.5 Å². The van der Waals surface area contributed by atoms with Crippen molar-refractivity contribution in [2.45, 2.75) is 0 Å². The number of nitrogens with one attached hydrogen (secondary N) is 4. The zero-order valence-electron chi connectivity index (χ0n) is 13.4. The molecule has 3 heterocycles. The second-order valence-electron chi connectivity index (χ2n) is 5.40. The molecule has 4 rings (SSSR count). The van der Waals surface area contributed by atoms with Gasteiger partial charge in [0, 0.05) is 18.6 Å². The van der Waals surface area contributed by atoms with Gasteiger partial charge in [-0.3, -0.25) is 25.0 Å². The normalized spacial score (nSPS) is 10.6. The van der Waals surface area contributed by atoms with Gasteiger partial charge in [-0.05, 0) is 24.3 Å². The SMILES string of the molecule is O=C(Nc1c[nH]nc1C(=O)Nc1nc2ccccc2[nH]1)c1cccnc1. The number of hydrogen-bond donors (Lipinski definition) is 4. The van der Waals surface area contributed by atoms with Crippen LogP contribution in [0.15, 0.2) is 55.0 Å². The number of imidazole rings is 1. The first-order valence-electron chi connectivity index (χ1n) is 7.72. The van der Waals surface area contributed by atoms with Crippen LogP contribution in [-0.2, 0) is 0 Å². The summed E-state index contributed by atoms with van der Waals surface area (Å²) < 4.78 is 0. The third kappa shape index (κ3) is 3.00. The highest BCUT2D eigenvalue weighted by Gasteiger charge is 2.18. The fourth-order valence-corrected chi connectivity index (χ4v) is 2.43. The van der Waals surface area contributed by atoms with E-state index in [9.17, 15) is 9.59 Å². The van der Waals surface area contributed by atoms with Crippen molar-refractivity contribution < 1.29 is 9.59 Å². The van der Waals surface area contributed by atoms with E-state index in [1.165, 1.54) is 12.4 Å². The topological polar surface area (TPSA) is 128 Å². The standard InChI is InChI=1S/C17H13N7O2/c25-15(10-4-3-7-18-8-10)20-13-9-19-24-14(13)16(26)23-17-21-11-5-1-2-6-12(11)22-17/h1-9H,(H,19,24)(H,20,25)(H2,21,22,23,26). The number of hydrogen-bond acceptors (Lipinski definition) is 5. The molecule has 3 aromatic heterocycles. The summed E-state index contributed by atoms with van der Waals surface area (Å²) in [6, 6.07) is 10.7. The van der Waals surface area contributed by atoms with E-state index in [-0.39, 0.29) is 11.4 Å². The van der Waals surface area contributed by atoms with E-state index in [2.05, 4.69) is 35.8 Å². The Morgan fingerprint density at radius 1 is 1.00 bits per heavy atom. The van der Waals surface area contributed by atoms with E-state index in [0.717, 1.165) is 11.0 Å². The zero-order chi connectivity index (χ0) is 17.9. The summed E-state index contributed by atoms with van der Waals surface area (Å²) in [6.07, 6.45) is 4.44. The van der Waals surface area contributed by atoms with E-state index in [1.54, 1.807) is 18.3 Å². The summed E-state index contributed by atoms with van der Waals surface area (Å²) in [5.74, 6) is -0.604. The molecule has 0 saturated carbocycles. The van der Waals surface area contributed by atoms with Crippen LogP contribution >= 0.6 is 0 Å². The predicted molar refractivity (Wildman–Crippen MR) is 94.8 cm³/mol. The van der Waals surface area contributed by atoms with Crippen molar-refractivity contribution in [1.82, 2.24) is 25.1 Å². The lowest BCUT2D eigenvalue weighted by atomic mass is 10.2. The van der Waals surface area contributed by atoms with Gasteiger partial charge in [-0.25, -0.2) is 4.98 Å². The van der Waals surface area contributed by atoms with Crippen molar-refractivity contribution in [3.63, 3.8) is 0 Å². The third-order valence-corrected chi connectivity index (χ3v) is 3.65. The van der Waals surface area contributed by atoms with Crippen LogP contribution in [0.1, 0.15) is 20.8 Å². The number of anilines is 2. The largest absolute Gasteiger partial charge is 0.324 e. The van der Waals surface area contributed by atoms with Gasteiger partial charge in [-0.15, -0.1) is 0 Å². The molecule has 9 heteroatoms. The molecule has 26 heavy (non-hydrogen) atoms. The number of aromatic nitrogens is 5. The molecular formula is C17H13N7O2. The van der Waals surface area contributed by atoms with Crippen molar-refractivity contribution in [2.24, 2.45) is 0 Å². The molecular weight excluding hydrogens is 334 g/mol.